The molecule has 0 aliphatic rings. The molecule has 0 aliphatic heterocycles. The van der Waals surface area contributed by atoms with Gasteiger partial charge >= 0.3 is 5.97 Å². The topological polar surface area (TPSA) is 132 Å². The van der Waals surface area contributed by atoms with Crippen LogP contribution in [0.1, 0.15) is 22.8 Å². The number of esters is 1. The van der Waals surface area contributed by atoms with Crippen molar-refractivity contribution < 1.29 is 24.0 Å². The number of anilines is 1. The maximum Gasteiger partial charge on any atom is 0.344 e. The quantitative estimate of drug-likeness (QED) is 0.0783. The number of hydrogen-bond donors (Lipinski definition) is 1. The lowest BCUT2D eigenvalue weighted by molar-refractivity contribution is -0.383. The number of carbonyl (C=O) groups is 2. The average Bonchev–Trinajstić information content (AvgIpc) is 2.92. The van der Waals surface area contributed by atoms with Gasteiger partial charge in [-0.1, -0.05) is 54.6 Å². The number of carbonyl (C=O) groups excluding carboxylic acids is 2. The molecule has 0 heterocycles. The summed E-state index contributed by atoms with van der Waals surface area (Å²) in [5.41, 5.74) is 0.204. The molecule has 4 rings (SSSR count). The standard InChI is InChI=1S/C29H21N3O6/c1-2-37-27-17-19(16-21(18-30)28(33)31-24-12-5-6-13-25(24)32(35)36)14-15-26(27)38-29(34)23-11-7-9-20-8-3-4-10-22(20)23/h3-17H,2H2,1H3,(H,31,33)/b21-16+. The number of amides is 1. The Morgan fingerprint density at radius 2 is 1.74 bits per heavy atom. The number of nitro benzene ring substituents is 1. The zero-order chi connectivity index (χ0) is 27.1. The number of fused-ring (bicyclic) bond motifs is 1. The van der Waals surface area contributed by atoms with E-state index in [0.717, 1.165) is 10.8 Å². The van der Waals surface area contributed by atoms with Gasteiger partial charge in [0.15, 0.2) is 11.5 Å². The van der Waals surface area contributed by atoms with E-state index in [1.54, 1.807) is 25.1 Å². The van der Waals surface area contributed by atoms with Gasteiger partial charge in [-0.05, 0) is 53.6 Å². The molecule has 0 atom stereocenters. The molecule has 0 radical (unpaired) electrons. The van der Waals surface area contributed by atoms with E-state index in [-0.39, 0.29) is 35.1 Å². The molecule has 0 aliphatic carbocycles. The number of benzene rings is 4. The first-order valence-corrected chi connectivity index (χ1v) is 11.5. The lowest BCUT2D eigenvalue weighted by Crippen LogP contribution is -2.14. The summed E-state index contributed by atoms with van der Waals surface area (Å²) < 4.78 is 11.3. The van der Waals surface area contributed by atoms with Gasteiger partial charge in [-0.15, -0.1) is 0 Å². The predicted octanol–water partition coefficient (Wildman–Crippen LogP) is 5.91. The summed E-state index contributed by atoms with van der Waals surface area (Å²) >= 11 is 0. The third-order valence-electron chi connectivity index (χ3n) is 5.50. The fourth-order valence-corrected chi connectivity index (χ4v) is 3.77. The number of ether oxygens (including phenoxy) is 2. The van der Waals surface area contributed by atoms with Crippen LogP contribution in [0.3, 0.4) is 0 Å². The van der Waals surface area contributed by atoms with E-state index in [2.05, 4.69) is 5.32 Å². The molecule has 9 heteroatoms. The van der Waals surface area contributed by atoms with Gasteiger partial charge in [0.05, 0.1) is 17.1 Å². The van der Waals surface area contributed by atoms with E-state index < -0.39 is 16.8 Å². The Kier molecular flexibility index (Phi) is 7.74. The molecular weight excluding hydrogens is 486 g/mol. The summed E-state index contributed by atoms with van der Waals surface area (Å²) in [4.78, 5) is 36.3. The van der Waals surface area contributed by atoms with Gasteiger partial charge in [0.25, 0.3) is 11.6 Å². The van der Waals surface area contributed by atoms with Gasteiger partial charge in [-0.2, -0.15) is 5.26 Å². The molecule has 0 saturated heterocycles. The van der Waals surface area contributed by atoms with Gasteiger partial charge in [0.1, 0.15) is 17.3 Å². The van der Waals surface area contributed by atoms with E-state index in [4.69, 9.17) is 9.47 Å². The van der Waals surface area contributed by atoms with Crippen molar-refractivity contribution in [3.63, 3.8) is 0 Å². The fraction of sp³-hybridized carbons (Fsp3) is 0.0690. The fourth-order valence-electron chi connectivity index (χ4n) is 3.77. The van der Waals surface area contributed by atoms with Crippen LogP contribution in [0.2, 0.25) is 0 Å². The second-order valence-electron chi connectivity index (χ2n) is 7.95. The van der Waals surface area contributed by atoms with Gasteiger partial charge in [-0.25, -0.2) is 4.79 Å². The van der Waals surface area contributed by atoms with Crippen LogP contribution in [0.4, 0.5) is 11.4 Å². The molecule has 188 valence electrons. The lowest BCUT2D eigenvalue weighted by Gasteiger charge is -2.12. The Hall–Kier alpha value is -5.49. The molecule has 0 unspecified atom stereocenters. The maximum atomic E-state index is 13.0. The molecule has 0 bridgehead atoms. The largest absolute Gasteiger partial charge is 0.490 e. The predicted molar refractivity (Wildman–Crippen MR) is 142 cm³/mol. The first-order valence-electron chi connectivity index (χ1n) is 11.5. The van der Waals surface area contributed by atoms with E-state index in [1.807, 2.05) is 36.4 Å². The Morgan fingerprint density at radius 3 is 2.50 bits per heavy atom. The molecule has 0 aromatic heterocycles. The molecule has 38 heavy (non-hydrogen) atoms. The van der Waals surface area contributed by atoms with Crippen molar-refractivity contribution in [2.45, 2.75) is 6.92 Å². The first kappa shape index (κ1) is 25.6. The van der Waals surface area contributed by atoms with Crippen LogP contribution in [0.25, 0.3) is 16.8 Å². The zero-order valence-corrected chi connectivity index (χ0v) is 20.2. The normalized spacial score (nSPS) is 10.9. The van der Waals surface area contributed by atoms with Crippen molar-refractivity contribution in [1.82, 2.24) is 0 Å². The minimum absolute atomic E-state index is 0.0330. The SMILES string of the molecule is CCOc1cc(/C=C(\C#N)C(=O)Nc2ccccc2[N+](=O)[O-])ccc1OC(=O)c1cccc2ccccc12. The van der Waals surface area contributed by atoms with Crippen molar-refractivity contribution in [2.24, 2.45) is 0 Å². The molecule has 4 aromatic rings. The van der Waals surface area contributed by atoms with Crippen LogP contribution in [-0.2, 0) is 4.79 Å². The lowest BCUT2D eigenvalue weighted by atomic mass is 10.0. The summed E-state index contributed by atoms with van der Waals surface area (Å²) in [6.07, 6.45) is 1.31. The van der Waals surface area contributed by atoms with E-state index in [0.29, 0.717) is 11.1 Å². The molecule has 0 saturated carbocycles. The summed E-state index contributed by atoms with van der Waals surface area (Å²) in [6.45, 7) is 2.04. The number of nitro groups is 1. The van der Waals surface area contributed by atoms with Crippen LogP contribution in [-0.4, -0.2) is 23.4 Å². The van der Waals surface area contributed by atoms with E-state index in [1.165, 1.54) is 42.5 Å². The molecule has 1 amide bonds. The van der Waals surface area contributed by atoms with Crippen LogP contribution < -0.4 is 14.8 Å². The molecular formula is C29H21N3O6. The highest BCUT2D eigenvalue weighted by atomic mass is 16.6. The third-order valence-corrected chi connectivity index (χ3v) is 5.50. The summed E-state index contributed by atoms with van der Waals surface area (Å²) in [6, 6.07) is 24.8. The minimum atomic E-state index is -0.814. The number of rotatable bonds is 8. The van der Waals surface area contributed by atoms with E-state index in [9.17, 15) is 25.0 Å². The Bertz CT molecular complexity index is 1620. The smallest absolute Gasteiger partial charge is 0.344 e. The van der Waals surface area contributed by atoms with Crippen molar-refractivity contribution in [3.8, 4) is 17.6 Å². The van der Waals surface area contributed by atoms with Crippen molar-refractivity contribution in [3.05, 3.63) is 112 Å². The molecule has 1 N–H and O–H groups in total. The highest BCUT2D eigenvalue weighted by Gasteiger charge is 2.19. The Morgan fingerprint density at radius 1 is 1.00 bits per heavy atom. The van der Waals surface area contributed by atoms with Crippen LogP contribution in [0, 0.1) is 21.4 Å². The summed E-state index contributed by atoms with van der Waals surface area (Å²) in [7, 11) is 0. The van der Waals surface area contributed by atoms with Crippen LogP contribution in [0.15, 0.2) is 90.5 Å². The molecule has 0 fully saturated rings. The van der Waals surface area contributed by atoms with Gasteiger partial charge in [-0.3, -0.25) is 14.9 Å². The number of nitrogens with one attached hydrogen (secondary N) is 1. The zero-order valence-electron chi connectivity index (χ0n) is 20.2. The van der Waals surface area contributed by atoms with Crippen molar-refractivity contribution >= 4 is 40.1 Å². The second kappa shape index (κ2) is 11.5. The number of nitriles is 1. The van der Waals surface area contributed by atoms with Crippen molar-refractivity contribution in [2.75, 3.05) is 11.9 Å². The van der Waals surface area contributed by atoms with Crippen molar-refractivity contribution in [1.29, 1.82) is 5.26 Å². The minimum Gasteiger partial charge on any atom is -0.490 e. The molecule has 4 aromatic carbocycles. The maximum absolute atomic E-state index is 13.0. The molecule has 9 nitrogen and oxygen atoms in total. The Balaban J connectivity index is 1.60. The van der Waals surface area contributed by atoms with E-state index >= 15 is 0 Å². The van der Waals surface area contributed by atoms with Gasteiger partial charge < -0.3 is 14.8 Å². The Labute approximate surface area is 217 Å². The van der Waals surface area contributed by atoms with Gasteiger partial charge in [0, 0.05) is 6.07 Å². The highest BCUT2D eigenvalue weighted by molar-refractivity contribution is 6.10. The number of para-hydroxylation sites is 2. The first-order chi connectivity index (χ1) is 18.4. The number of hydrogen-bond acceptors (Lipinski definition) is 7. The second-order valence-corrected chi connectivity index (χ2v) is 7.95. The molecule has 0 spiro atoms. The number of nitrogens with zero attached hydrogens (tertiary/aromatic N) is 2. The average molecular weight is 508 g/mol. The van der Waals surface area contributed by atoms with Crippen LogP contribution >= 0.6 is 0 Å². The summed E-state index contributed by atoms with van der Waals surface area (Å²) in [5, 5.41) is 24.8. The van der Waals surface area contributed by atoms with Gasteiger partial charge in [0.2, 0.25) is 0 Å². The summed E-state index contributed by atoms with van der Waals surface area (Å²) in [5.74, 6) is -0.963. The highest BCUT2D eigenvalue weighted by Crippen LogP contribution is 2.31. The third kappa shape index (κ3) is 5.66. The monoisotopic (exact) mass is 507 g/mol. The van der Waals surface area contributed by atoms with Crippen LogP contribution in [0.5, 0.6) is 11.5 Å².